The summed E-state index contributed by atoms with van der Waals surface area (Å²) in [5.74, 6) is 1.13. The van der Waals surface area contributed by atoms with Crippen LogP contribution in [0.3, 0.4) is 0 Å². The molecule has 27 heavy (non-hydrogen) atoms. The van der Waals surface area contributed by atoms with Crippen LogP contribution in [0.5, 0.6) is 11.5 Å². The van der Waals surface area contributed by atoms with E-state index in [4.69, 9.17) is 9.47 Å². The highest BCUT2D eigenvalue weighted by atomic mass is 16.5. The van der Waals surface area contributed by atoms with Crippen molar-refractivity contribution in [3.8, 4) is 17.2 Å². The Balaban J connectivity index is 1.41. The average Bonchev–Trinajstić information content (AvgIpc) is 3.05. The van der Waals surface area contributed by atoms with Crippen LogP contribution in [0.25, 0.3) is 11.8 Å². The van der Waals surface area contributed by atoms with Crippen molar-refractivity contribution >= 4 is 17.7 Å². The second kappa shape index (κ2) is 7.78. The van der Waals surface area contributed by atoms with Crippen molar-refractivity contribution in [2.24, 2.45) is 0 Å². The molecule has 4 rings (SSSR count). The maximum atomic E-state index is 12.2. The number of carbonyl (C=O) groups excluding carboxylic acids is 1. The molecule has 0 atom stereocenters. The highest BCUT2D eigenvalue weighted by molar-refractivity contribution is 6.02. The first-order chi connectivity index (χ1) is 13.3. The van der Waals surface area contributed by atoms with Crippen LogP contribution >= 0.6 is 0 Å². The highest BCUT2D eigenvalue weighted by Gasteiger charge is 2.11. The SMILES string of the molecule is O=C(/C=C/c1cnn(-c2ccccc2)c1)Nc1ccc2c(c1)OCCCO2. The van der Waals surface area contributed by atoms with Crippen LogP contribution in [0, 0.1) is 0 Å². The van der Waals surface area contributed by atoms with Crippen molar-refractivity contribution in [2.45, 2.75) is 6.42 Å². The molecule has 1 aromatic heterocycles. The second-order valence-corrected chi connectivity index (χ2v) is 6.09. The Morgan fingerprint density at radius 1 is 1.07 bits per heavy atom. The van der Waals surface area contributed by atoms with Crippen LogP contribution in [-0.4, -0.2) is 28.9 Å². The number of fused-ring (bicyclic) bond motifs is 1. The van der Waals surface area contributed by atoms with Gasteiger partial charge in [0.2, 0.25) is 5.91 Å². The van der Waals surface area contributed by atoms with Crippen molar-refractivity contribution in [1.29, 1.82) is 0 Å². The largest absolute Gasteiger partial charge is 0.490 e. The van der Waals surface area contributed by atoms with E-state index >= 15 is 0 Å². The number of hydrogen-bond acceptors (Lipinski definition) is 4. The molecule has 6 nitrogen and oxygen atoms in total. The lowest BCUT2D eigenvalue weighted by Gasteiger charge is -2.09. The van der Waals surface area contributed by atoms with Crippen molar-refractivity contribution in [3.63, 3.8) is 0 Å². The topological polar surface area (TPSA) is 65.4 Å². The minimum absolute atomic E-state index is 0.225. The van der Waals surface area contributed by atoms with Gasteiger partial charge in [-0.05, 0) is 30.3 Å². The predicted octanol–water partition coefficient (Wildman–Crippen LogP) is 3.69. The number of hydrogen-bond donors (Lipinski definition) is 1. The zero-order valence-corrected chi connectivity index (χ0v) is 14.7. The molecule has 1 aliphatic rings. The number of rotatable bonds is 4. The Kier molecular flexibility index (Phi) is 4.87. The van der Waals surface area contributed by atoms with Gasteiger partial charge in [-0.3, -0.25) is 4.79 Å². The van der Waals surface area contributed by atoms with Gasteiger partial charge in [-0.1, -0.05) is 18.2 Å². The number of carbonyl (C=O) groups is 1. The smallest absolute Gasteiger partial charge is 0.248 e. The molecule has 1 aliphatic heterocycles. The molecule has 1 N–H and O–H groups in total. The number of para-hydroxylation sites is 1. The number of nitrogens with zero attached hydrogens (tertiary/aromatic N) is 2. The predicted molar refractivity (Wildman–Crippen MR) is 103 cm³/mol. The summed E-state index contributed by atoms with van der Waals surface area (Å²) in [5, 5.41) is 7.14. The monoisotopic (exact) mass is 361 g/mol. The maximum Gasteiger partial charge on any atom is 0.248 e. The summed E-state index contributed by atoms with van der Waals surface area (Å²) in [6, 6.07) is 15.2. The molecule has 0 saturated carbocycles. The van der Waals surface area contributed by atoms with E-state index in [0.29, 0.717) is 30.4 Å². The normalized spacial score (nSPS) is 13.3. The number of amides is 1. The molecular weight excluding hydrogens is 342 g/mol. The molecule has 0 fully saturated rings. The zero-order chi connectivity index (χ0) is 18.5. The van der Waals surface area contributed by atoms with Gasteiger partial charge in [0, 0.05) is 36.0 Å². The number of ether oxygens (including phenoxy) is 2. The maximum absolute atomic E-state index is 12.2. The van der Waals surface area contributed by atoms with Gasteiger partial charge in [-0.25, -0.2) is 4.68 Å². The zero-order valence-electron chi connectivity index (χ0n) is 14.7. The lowest BCUT2D eigenvalue weighted by molar-refractivity contribution is -0.111. The minimum atomic E-state index is -0.225. The molecule has 0 saturated heterocycles. The van der Waals surface area contributed by atoms with Crippen molar-refractivity contribution in [3.05, 3.63) is 72.6 Å². The molecule has 0 radical (unpaired) electrons. The lowest BCUT2D eigenvalue weighted by atomic mass is 10.2. The average molecular weight is 361 g/mol. The first kappa shape index (κ1) is 16.9. The van der Waals surface area contributed by atoms with Gasteiger partial charge in [0.15, 0.2) is 11.5 Å². The van der Waals surface area contributed by atoms with Gasteiger partial charge >= 0.3 is 0 Å². The number of nitrogens with one attached hydrogen (secondary N) is 1. The Labute approximate surface area is 157 Å². The van der Waals surface area contributed by atoms with E-state index in [0.717, 1.165) is 17.7 Å². The van der Waals surface area contributed by atoms with Crippen LogP contribution in [-0.2, 0) is 4.79 Å². The van der Waals surface area contributed by atoms with E-state index in [1.807, 2.05) is 42.6 Å². The van der Waals surface area contributed by atoms with Crippen LogP contribution in [0.15, 0.2) is 67.0 Å². The van der Waals surface area contributed by atoms with Crippen molar-refractivity contribution in [1.82, 2.24) is 9.78 Å². The summed E-state index contributed by atoms with van der Waals surface area (Å²) in [6.45, 7) is 1.24. The molecule has 0 spiro atoms. The lowest BCUT2D eigenvalue weighted by Crippen LogP contribution is -2.07. The molecule has 0 bridgehead atoms. The molecule has 2 heterocycles. The summed E-state index contributed by atoms with van der Waals surface area (Å²) in [4.78, 5) is 12.2. The molecule has 6 heteroatoms. The van der Waals surface area contributed by atoms with E-state index in [1.165, 1.54) is 6.08 Å². The highest BCUT2D eigenvalue weighted by Crippen LogP contribution is 2.32. The summed E-state index contributed by atoms with van der Waals surface area (Å²) in [5.41, 5.74) is 2.47. The van der Waals surface area contributed by atoms with E-state index in [2.05, 4.69) is 10.4 Å². The van der Waals surface area contributed by atoms with Gasteiger partial charge in [0.1, 0.15) is 0 Å². The molecule has 2 aromatic carbocycles. The van der Waals surface area contributed by atoms with Crippen LogP contribution in [0.4, 0.5) is 5.69 Å². The summed E-state index contributed by atoms with van der Waals surface area (Å²) >= 11 is 0. The Morgan fingerprint density at radius 2 is 1.89 bits per heavy atom. The fourth-order valence-corrected chi connectivity index (χ4v) is 2.74. The molecule has 0 aliphatic carbocycles. The van der Waals surface area contributed by atoms with Crippen LogP contribution in [0.2, 0.25) is 0 Å². The van der Waals surface area contributed by atoms with Gasteiger partial charge in [-0.15, -0.1) is 0 Å². The van der Waals surface area contributed by atoms with Gasteiger partial charge < -0.3 is 14.8 Å². The minimum Gasteiger partial charge on any atom is -0.490 e. The molecule has 136 valence electrons. The third-order valence-electron chi connectivity index (χ3n) is 4.07. The van der Waals surface area contributed by atoms with Crippen LogP contribution < -0.4 is 14.8 Å². The van der Waals surface area contributed by atoms with E-state index in [9.17, 15) is 4.79 Å². The summed E-state index contributed by atoms with van der Waals surface area (Å²) in [7, 11) is 0. The van der Waals surface area contributed by atoms with Crippen LogP contribution in [0.1, 0.15) is 12.0 Å². The van der Waals surface area contributed by atoms with Gasteiger partial charge in [0.05, 0.1) is 25.1 Å². The molecule has 1 amide bonds. The number of aromatic nitrogens is 2. The quantitative estimate of drug-likeness (QED) is 0.720. The van der Waals surface area contributed by atoms with E-state index in [1.54, 1.807) is 29.1 Å². The fraction of sp³-hybridized carbons (Fsp3) is 0.143. The van der Waals surface area contributed by atoms with E-state index in [-0.39, 0.29) is 5.91 Å². The first-order valence-electron chi connectivity index (χ1n) is 8.77. The third kappa shape index (κ3) is 4.17. The third-order valence-corrected chi connectivity index (χ3v) is 4.07. The van der Waals surface area contributed by atoms with Crippen molar-refractivity contribution in [2.75, 3.05) is 18.5 Å². The number of benzene rings is 2. The fourth-order valence-electron chi connectivity index (χ4n) is 2.74. The van der Waals surface area contributed by atoms with E-state index < -0.39 is 0 Å². The Morgan fingerprint density at radius 3 is 2.74 bits per heavy atom. The summed E-state index contributed by atoms with van der Waals surface area (Å²) < 4.78 is 13.0. The standard InChI is InChI=1S/C21H19N3O3/c25-21(23-17-8-9-19-20(13-17)27-12-4-11-26-19)10-7-16-14-22-24(15-16)18-5-2-1-3-6-18/h1-3,5-10,13-15H,4,11-12H2,(H,23,25)/b10-7+. The van der Waals surface area contributed by atoms with Gasteiger partial charge in [0.25, 0.3) is 0 Å². The molecule has 3 aromatic rings. The molecule has 0 unspecified atom stereocenters. The second-order valence-electron chi connectivity index (χ2n) is 6.09. The summed E-state index contributed by atoms with van der Waals surface area (Å²) in [6.07, 6.45) is 7.63. The number of anilines is 1. The van der Waals surface area contributed by atoms with Crippen molar-refractivity contribution < 1.29 is 14.3 Å². The Hall–Kier alpha value is -3.54. The first-order valence-corrected chi connectivity index (χ1v) is 8.77. The molecular formula is C21H19N3O3. The van der Waals surface area contributed by atoms with Gasteiger partial charge in [-0.2, -0.15) is 5.10 Å². The Bertz CT molecular complexity index is 964.